The topological polar surface area (TPSA) is 65.0 Å². The molecule has 0 aliphatic rings. The van der Waals surface area contributed by atoms with E-state index in [1.54, 1.807) is 6.92 Å². The molecular weight excluding hydrogens is 252 g/mol. The lowest BCUT2D eigenvalue weighted by Crippen LogP contribution is -2.49. The van der Waals surface area contributed by atoms with Crippen LogP contribution in [0.3, 0.4) is 0 Å². The van der Waals surface area contributed by atoms with E-state index in [1.807, 2.05) is 20.8 Å². The van der Waals surface area contributed by atoms with Crippen molar-refractivity contribution in [3.05, 3.63) is 12.2 Å². The van der Waals surface area contributed by atoms with Gasteiger partial charge in [-0.15, -0.1) is 0 Å². The molecule has 1 N–H and O–H groups in total. The summed E-state index contributed by atoms with van der Waals surface area (Å²) in [5.41, 5.74) is 0.315. The number of aliphatic hydroxyl groups excluding tert-OH is 1. The molecule has 1 unspecified atom stereocenters. The first kappa shape index (κ1) is 17.5. The highest BCUT2D eigenvalue weighted by atomic mass is 28.4. The van der Waals surface area contributed by atoms with E-state index >= 15 is 0 Å². The lowest BCUT2D eigenvalue weighted by atomic mass is 10.1. The van der Waals surface area contributed by atoms with E-state index in [-0.39, 0.29) is 6.04 Å². The number of rotatable bonds is 10. The molecule has 0 aliphatic carbocycles. The molecule has 0 rings (SSSR count). The van der Waals surface area contributed by atoms with Crippen LogP contribution in [0, 0.1) is 0 Å². The molecule has 0 aliphatic heterocycles. The Kier molecular flexibility index (Phi) is 8.30. The van der Waals surface area contributed by atoms with Crippen LogP contribution >= 0.6 is 0 Å². The quantitative estimate of drug-likeness (QED) is 0.484. The number of Topliss-reactive ketones (excluding diaryl/α,β-unsaturated/α-hetero) is 1. The van der Waals surface area contributed by atoms with Crippen molar-refractivity contribution in [3.63, 3.8) is 0 Å². The van der Waals surface area contributed by atoms with Crippen LogP contribution in [-0.4, -0.2) is 45.6 Å². The Labute approximate surface area is 110 Å². The van der Waals surface area contributed by atoms with E-state index in [0.29, 0.717) is 25.4 Å². The minimum atomic E-state index is -2.98. The molecule has 18 heavy (non-hydrogen) atoms. The van der Waals surface area contributed by atoms with Gasteiger partial charge in [0.05, 0.1) is 6.04 Å². The average Bonchev–Trinajstić information content (AvgIpc) is 2.28. The first-order chi connectivity index (χ1) is 8.42. The molecule has 0 saturated carbocycles. The minimum Gasteiger partial charge on any atom is -0.385 e. The lowest BCUT2D eigenvalue weighted by Gasteiger charge is -2.29. The molecule has 0 aromatic carbocycles. The van der Waals surface area contributed by atoms with E-state index in [2.05, 4.69) is 6.58 Å². The summed E-state index contributed by atoms with van der Waals surface area (Å²) < 4.78 is 16.7. The van der Waals surface area contributed by atoms with Crippen LogP contribution < -0.4 is 0 Å². The fourth-order valence-corrected chi connectivity index (χ4v) is 4.16. The maximum atomic E-state index is 11.6. The first-order valence-electron chi connectivity index (χ1n) is 6.22. The second-order valence-corrected chi connectivity index (χ2v) is 6.49. The summed E-state index contributed by atoms with van der Waals surface area (Å²) in [4.78, 5) is 11.6. The molecule has 0 bridgehead atoms. The molecule has 106 valence electrons. The van der Waals surface area contributed by atoms with Gasteiger partial charge in [-0.25, -0.2) is 0 Å². The standard InChI is InChI=1S/C12H24O5Si/c1-6-15-18(16-7-2,17-8-3)9-11(13)12(14)10(4)5/h11,13H,4,6-9H2,1-3,5H3. The average molecular weight is 276 g/mol. The summed E-state index contributed by atoms with van der Waals surface area (Å²) in [7, 11) is -2.98. The molecule has 0 amide bonds. The molecule has 0 aromatic rings. The molecular formula is C12H24O5Si. The Morgan fingerprint density at radius 1 is 1.17 bits per heavy atom. The highest BCUT2D eigenvalue weighted by molar-refractivity contribution is 6.61. The van der Waals surface area contributed by atoms with Gasteiger partial charge < -0.3 is 18.4 Å². The smallest absolute Gasteiger partial charge is 0.385 e. The zero-order valence-electron chi connectivity index (χ0n) is 11.7. The van der Waals surface area contributed by atoms with Gasteiger partial charge in [-0.1, -0.05) is 6.58 Å². The van der Waals surface area contributed by atoms with Gasteiger partial charge in [0.2, 0.25) is 0 Å². The van der Waals surface area contributed by atoms with Crippen LogP contribution in [0.25, 0.3) is 0 Å². The number of aliphatic hydroxyl groups is 1. The normalized spacial score (nSPS) is 13.4. The van der Waals surface area contributed by atoms with Crippen LogP contribution in [0.4, 0.5) is 0 Å². The zero-order valence-corrected chi connectivity index (χ0v) is 12.7. The fraction of sp³-hybridized carbons (Fsp3) is 0.750. The van der Waals surface area contributed by atoms with Crippen molar-refractivity contribution in [1.29, 1.82) is 0 Å². The molecule has 1 atom stereocenters. The van der Waals surface area contributed by atoms with Gasteiger partial charge >= 0.3 is 8.80 Å². The highest BCUT2D eigenvalue weighted by Gasteiger charge is 2.44. The van der Waals surface area contributed by atoms with Crippen LogP contribution in [0.2, 0.25) is 6.04 Å². The van der Waals surface area contributed by atoms with E-state index in [4.69, 9.17) is 13.3 Å². The van der Waals surface area contributed by atoms with E-state index in [0.717, 1.165) is 0 Å². The molecule has 0 heterocycles. The second kappa shape index (κ2) is 8.55. The van der Waals surface area contributed by atoms with Gasteiger partial charge in [0.1, 0.15) is 6.10 Å². The molecule has 0 fully saturated rings. The summed E-state index contributed by atoms with van der Waals surface area (Å²) >= 11 is 0. The number of ketones is 1. The fourth-order valence-electron chi connectivity index (χ4n) is 1.58. The van der Waals surface area contributed by atoms with Crippen molar-refractivity contribution in [2.45, 2.75) is 39.8 Å². The summed E-state index contributed by atoms with van der Waals surface area (Å²) in [6.45, 7) is 11.8. The monoisotopic (exact) mass is 276 g/mol. The Hall–Kier alpha value is -0.533. The van der Waals surface area contributed by atoms with Gasteiger partial charge in [0, 0.05) is 19.8 Å². The maximum Gasteiger partial charge on any atom is 0.504 e. The van der Waals surface area contributed by atoms with E-state index in [1.165, 1.54) is 0 Å². The highest BCUT2D eigenvalue weighted by Crippen LogP contribution is 2.19. The summed E-state index contributed by atoms with van der Waals surface area (Å²) in [6, 6.07) is 0.0637. The molecule has 0 spiro atoms. The predicted octanol–water partition coefficient (Wildman–Crippen LogP) is 1.54. The van der Waals surface area contributed by atoms with Gasteiger partial charge in [0.25, 0.3) is 0 Å². The van der Waals surface area contributed by atoms with Crippen molar-refractivity contribution in [1.82, 2.24) is 0 Å². The molecule has 0 aromatic heterocycles. The Bertz CT molecular complexity index is 263. The SMILES string of the molecule is C=C(C)C(=O)C(O)C[Si](OCC)(OCC)OCC. The maximum absolute atomic E-state index is 11.6. The molecule has 0 radical (unpaired) electrons. The number of hydrogen-bond acceptors (Lipinski definition) is 5. The number of carbonyl (C=O) groups excluding carboxylic acids is 1. The molecule has 5 nitrogen and oxygen atoms in total. The third kappa shape index (κ3) is 5.41. The molecule has 6 heteroatoms. The van der Waals surface area contributed by atoms with Crippen molar-refractivity contribution in [3.8, 4) is 0 Å². The van der Waals surface area contributed by atoms with Crippen LogP contribution in [0.5, 0.6) is 0 Å². The summed E-state index contributed by atoms with van der Waals surface area (Å²) in [6.07, 6.45) is -1.18. The third-order valence-electron chi connectivity index (χ3n) is 2.26. The Morgan fingerprint density at radius 2 is 1.56 bits per heavy atom. The Balaban J connectivity index is 4.83. The Morgan fingerprint density at radius 3 is 1.83 bits per heavy atom. The summed E-state index contributed by atoms with van der Waals surface area (Å²) in [5, 5.41) is 9.89. The number of carbonyl (C=O) groups is 1. The van der Waals surface area contributed by atoms with Gasteiger partial charge in [-0.05, 0) is 33.3 Å². The third-order valence-corrected chi connectivity index (χ3v) is 5.33. The van der Waals surface area contributed by atoms with Crippen LogP contribution in [0.15, 0.2) is 12.2 Å². The summed E-state index contributed by atoms with van der Waals surface area (Å²) in [5.74, 6) is -0.397. The van der Waals surface area contributed by atoms with E-state index in [9.17, 15) is 9.90 Å². The zero-order chi connectivity index (χ0) is 14.2. The van der Waals surface area contributed by atoms with Crippen LogP contribution in [0.1, 0.15) is 27.7 Å². The second-order valence-electron chi connectivity index (χ2n) is 3.85. The van der Waals surface area contributed by atoms with Crippen molar-refractivity contribution < 1.29 is 23.2 Å². The predicted molar refractivity (Wildman–Crippen MR) is 71.3 cm³/mol. The first-order valence-corrected chi connectivity index (χ1v) is 8.15. The largest absolute Gasteiger partial charge is 0.504 e. The van der Waals surface area contributed by atoms with Gasteiger partial charge in [-0.2, -0.15) is 0 Å². The van der Waals surface area contributed by atoms with Crippen molar-refractivity contribution in [2.24, 2.45) is 0 Å². The van der Waals surface area contributed by atoms with E-state index < -0.39 is 20.7 Å². The lowest BCUT2D eigenvalue weighted by molar-refractivity contribution is -0.123. The van der Waals surface area contributed by atoms with Gasteiger partial charge in [0.15, 0.2) is 5.78 Å². The number of hydrogen-bond donors (Lipinski definition) is 1. The van der Waals surface area contributed by atoms with Crippen LogP contribution in [-0.2, 0) is 18.1 Å². The van der Waals surface area contributed by atoms with Crippen molar-refractivity contribution in [2.75, 3.05) is 19.8 Å². The van der Waals surface area contributed by atoms with Gasteiger partial charge in [-0.3, -0.25) is 4.79 Å². The molecule has 0 saturated heterocycles. The van der Waals surface area contributed by atoms with Crippen molar-refractivity contribution >= 4 is 14.6 Å². The minimum absolute atomic E-state index is 0.0637.